The first kappa shape index (κ1) is 22.0. The summed E-state index contributed by atoms with van der Waals surface area (Å²) in [5.74, 6) is 0.351. The Labute approximate surface area is 189 Å². The Bertz CT molecular complexity index is 1160. The average Bonchev–Trinajstić information content (AvgIpc) is 2.80. The predicted octanol–water partition coefficient (Wildman–Crippen LogP) is 2.27. The molecule has 0 spiro atoms. The highest BCUT2D eigenvalue weighted by molar-refractivity contribution is 6.32. The second-order valence-corrected chi connectivity index (χ2v) is 8.13. The zero-order valence-corrected chi connectivity index (χ0v) is 18.3. The molecule has 162 valence electrons. The van der Waals surface area contributed by atoms with Gasteiger partial charge in [-0.15, -0.1) is 0 Å². The monoisotopic (exact) mass is 427 g/mol. The third-order valence-electron chi connectivity index (χ3n) is 5.68. The third-order valence-corrected chi connectivity index (χ3v) is 5.68. The Hall–Kier alpha value is -3.19. The van der Waals surface area contributed by atoms with Gasteiger partial charge >= 0.3 is 0 Å². The van der Waals surface area contributed by atoms with Crippen molar-refractivity contribution in [2.75, 3.05) is 13.1 Å². The van der Waals surface area contributed by atoms with Crippen molar-refractivity contribution in [2.24, 2.45) is 0 Å². The minimum Gasteiger partial charge on any atom is -0.487 e. The molecule has 3 heterocycles. The molecule has 0 bridgehead atoms. The lowest BCUT2D eigenvalue weighted by atomic mass is 9.96. The van der Waals surface area contributed by atoms with E-state index in [2.05, 4.69) is 22.9 Å². The molecule has 0 saturated heterocycles. The summed E-state index contributed by atoms with van der Waals surface area (Å²) in [5, 5.41) is 0. The summed E-state index contributed by atoms with van der Waals surface area (Å²) in [4.78, 5) is 31.9. The molecular formula is C25H26BN3O3. The molecule has 1 aliphatic rings. The van der Waals surface area contributed by atoms with E-state index in [0.717, 1.165) is 32.5 Å². The van der Waals surface area contributed by atoms with Gasteiger partial charge in [0, 0.05) is 37.1 Å². The maximum absolute atomic E-state index is 12.9. The molecule has 3 aromatic rings. The standard InChI is InChI=1S/C25H26BN3O3/c1-2-9-28-10-7-18-3-4-19(12-20(18)15-28)24(30)16-29-11-8-23(13-25(29)31)32-17-22-6-5-21(26)14-27-22/h3-6,8,11-14H,2,7,9-10,15-17H2,1H3. The van der Waals surface area contributed by atoms with E-state index in [-0.39, 0.29) is 24.5 Å². The van der Waals surface area contributed by atoms with Crippen LogP contribution in [0.3, 0.4) is 0 Å². The lowest BCUT2D eigenvalue weighted by molar-refractivity contribution is 0.0970. The van der Waals surface area contributed by atoms with Gasteiger partial charge < -0.3 is 9.30 Å². The first-order chi connectivity index (χ1) is 15.5. The van der Waals surface area contributed by atoms with Crippen LogP contribution in [0.25, 0.3) is 0 Å². The van der Waals surface area contributed by atoms with E-state index in [0.29, 0.717) is 22.5 Å². The van der Waals surface area contributed by atoms with E-state index in [1.165, 1.54) is 21.8 Å². The number of ketones is 1. The smallest absolute Gasteiger partial charge is 0.254 e. The van der Waals surface area contributed by atoms with Gasteiger partial charge in [0.2, 0.25) is 0 Å². The Kier molecular flexibility index (Phi) is 6.85. The second-order valence-electron chi connectivity index (χ2n) is 8.13. The fraction of sp³-hybridized carbons (Fsp3) is 0.320. The quantitative estimate of drug-likeness (QED) is 0.408. The molecule has 0 unspecified atom stereocenters. The van der Waals surface area contributed by atoms with E-state index in [1.807, 2.05) is 12.1 Å². The molecule has 7 heteroatoms. The number of Topliss-reactive ketones (excluding diaryl/α,β-unsaturated/α-hetero) is 1. The molecule has 32 heavy (non-hydrogen) atoms. The third kappa shape index (κ3) is 5.35. The van der Waals surface area contributed by atoms with Crippen LogP contribution in [0.5, 0.6) is 5.75 Å². The fourth-order valence-electron chi connectivity index (χ4n) is 3.93. The van der Waals surface area contributed by atoms with Gasteiger partial charge in [-0.1, -0.05) is 30.6 Å². The van der Waals surface area contributed by atoms with Crippen LogP contribution in [0.4, 0.5) is 0 Å². The number of rotatable bonds is 8. The number of fused-ring (bicyclic) bond motifs is 1. The number of nitrogens with zero attached hydrogens (tertiary/aromatic N) is 3. The minimum absolute atomic E-state index is 0.00388. The Morgan fingerprint density at radius 1 is 1.16 bits per heavy atom. The number of pyridine rings is 2. The van der Waals surface area contributed by atoms with Crippen molar-refractivity contribution in [3.05, 3.63) is 87.6 Å². The minimum atomic E-state index is -0.284. The number of aromatic nitrogens is 2. The van der Waals surface area contributed by atoms with Crippen molar-refractivity contribution in [2.45, 2.75) is 39.5 Å². The number of hydrogen-bond donors (Lipinski definition) is 0. The van der Waals surface area contributed by atoms with Crippen molar-refractivity contribution < 1.29 is 9.53 Å². The lowest BCUT2D eigenvalue weighted by Crippen LogP contribution is -2.31. The first-order valence-electron chi connectivity index (χ1n) is 10.9. The fourth-order valence-corrected chi connectivity index (χ4v) is 3.93. The molecule has 2 aromatic heterocycles. The molecule has 0 aliphatic carbocycles. The highest BCUT2D eigenvalue weighted by atomic mass is 16.5. The first-order valence-corrected chi connectivity index (χ1v) is 10.9. The van der Waals surface area contributed by atoms with Crippen molar-refractivity contribution in [1.29, 1.82) is 0 Å². The van der Waals surface area contributed by atoms with Crippen molar-refractivity contribution in [3.63, 3.8) is 0 Å². The Morgan fingerprint density at radius 3 is 2.78 bits per heavy atom. The van der Waals surface area contributed by atoms with Gasteiger partial charge in [-0.2, -0.15) is 0 Å². The molecule has 0 saturated carbocycles. The van der Waals surface area contributed by atoms with Crippen LogP contribution in [0.1, 0.15) is 40.5 Å². The van der Waals surface area contributed by atoms with Crippen LogP contribution in [0.2, 0.25) is 0 Å². The maximum atomic E-state index is 12.9. The van der Waals surface area contributed by atoms with Gasteiger partial charge in [0.05, 0.1) is 12.2 Å². The summed E-state index contributed by atoms with van der Waals surface area (Å²) in [6.07, 6.45) is 5.28. The van der Waals surface area contributed by atoms with Gasteiger partial charge in [-0.05, 0) is 48.7 Å². The van der Waals surface area contributed by atoms with Crippen LogP contribution in [0.15, 0.2) is 59.7 Å². The molecule has 0 amide bonds. The van der Waals surface area contributed by atoms with Crippen LogP contribution < -0.4 is 15.8 Å². The summed E-state index contributed by atoms with van der Waals surface area (Å²) >= 11 is 0. The summed E-state index contributed by atoms with van der Waals surface area (Å²) in [7, 11) is 5.63. The van der Waals surface area contributed by atoms with Gasteiger partial charge in [-0.25, -0.2) is 0 Å². The largest absolute Gasteiger partial charge is 0.487 e. The van der Waals surface area contributed by atoms with Crippen molar-refractivity contribution in [3.8, 4) is 5.75 Å². The average molecular weight is 427 g/mol. The lowest BCUT2D eigenvalue weighted by Gasteiger charge is -2.28. The molecule has 0 N–H and O–H groups in total. The molecule has 1 aromatic carbocycles. The summed E-state index contributed by atoms with van der Waals surface area (Å²) in [6.45, 7) is 5.41. The van der Waals surface area contributed by atoms with Crippen LogP contribution in [-0.4, -0.2) is 41.2 Å². The normalized spacial score (nSPS) is 13.5. The number of ether oxygens (including phenoxy) is 1. The van der Waals surface area contributed by atoms with Gasteiger partial charge in [-0.3, -0.25) is 19.5 Å². The maximum Gasteiger partial charge on any atom is 0.254 e. The van der Waals surface area contributed by atoms with Crippen LogP contribution >= 0.6 is 0 Å². The Balaban J connectivity index is 1.40. The molecular weight excluding hydrogens is 401 g/mol. The Morgan fingerprint density at radius 2 is 2.03 bits per heavy atom. The van der Waals surface area contributed by atoms with E-state index in [1.54, 1.807) is 30.6 Å². The van der Waals surface area contributed by atoms with Crippen LogP contribution in [-0.2, 0) is 26.1 Å². The molecule has 4 rings (SSSR count). The number of carbonyl (C=O) groups is 1. The van der Waals surface area contributed by atoms with Crippen LogP contribution in [0, 0.1) is 0 Å². The zero-order valence-electron chi connectivity index (χ0n) is 18.3. The van der Waals surface area contributed by atoms with Crippen molar-refractivity contribution >= 4 is 19.1 Å². The number of carbonyl (C=O) groups excluding carboxylic acids is 1. The molecule has 6 nitrogen and oxygen atoms in total. The highest BCUT2D eigenvalue weighted by Crippen LogP contribution is 2.21. The van der Waals surface area contributed by atoms with Gasteiger partial charge in [0.1, 0.15) is 20.2 Å². The zero-order chi connectivity index (χ0) is 22.5. The van der Waals surface area contributed by atoms with Crippen molar-refractivity contribution in [1.82, 2.24) is 14.5 Å². The molecule has 0 fully saturated rings. The van der Waals surface area contributed by atoms with E-state index in [9.17, 15) is 9.59 Å². The highest BCUT2D eigenvalue weighted by Gasteiger charge is 2.18. The molecule has 2 radical (unpaired) electrons. The topological polar surface area (TPSA) is 64.4 Å². The van der Waals surface area contributed by atoms with E-state index in [4.69, 9.17) is 12.6 Å². The van der Waals surface area contributed by atoms with E-state index >= 15 is 0 Å². The number of hydrogen-bond acceptors (Lipinski definition) is 5. The summed E-state index contributed by atoms with van der Waals surface area (Å²) < 4.78 is 7.05. The van der Waals surface area contributed by atoms with Gasteiger partial charge in [0.25, 0.3) is 5.56 Å². The summed E-state index contributed by atoms with van der Waals surface area (Å²) in [5.41, 5.74) is 4.17. The molecule has 0 atom stereocenters. The SMILES string of the molecule is [B]c1ccc(COc2ccn(CC(=O)c3ccc4c(c3)CN(CCC)CC4)c(=O)c2)nc1. The summed E-state index contributed by atoms with van der Waals surface area (Å²) in [6, 6.07) is 12.5. The molecule has 1 aliphatic heterocycles. The van der Waals surface area contributed by atoms with E-state index < -0.39 is 0 Å². The predicted molar refractivity (Wildman–Crippen MR) is 125 cm³/mol. The second kappa shape index (κ2) is 9.96. The number of benzene rings is 1. The van der Waals surface area contributed by atoms with Gasteiger partial charge in [0.15, 0.2) is 5.78 Å².